The minimum Gasteiger partial charge on any atom is -0.249 e. The highest BCUT2D eigenvalue weighted by atomic mass is 35.5. The number of benzene rings is 3. The predicted octanol–water partition coefficient (Wildman–Crippen LogP) is 5.75. The van der Waals surface area contributed by atoms with Crippen molar-refractivity contribution in [3.63, 3.8) is 0 Å². The summed E-state index contributed by atoms with van der Waals surface area (Å²) in [6, 6.07) is 32.7. The van der Waals surface area contributed by atoms with E-state index in [1.165, 1.54) is 36.2 Å². The van der Waals surface area contributed by atoms with Gasteiger partial charge in [-0.25, -0.2) is 4.31 Å². The van der Waals surface area contributed by atoms with Gasteiger partial charge >= 0.3 is 0 Å². The highest BCUT2D eigenvalue weighted by Crippen LogP contribution is 2.50. The molecule has 0 bridgehead atoms. The summed E-state index contributed by atoms with van der Waals surface area (Å²) in [5.74, 6) is 0. The van der Waals surface area contributed by atoms with Gasteiger partial charge in [0.1, 0.15) is 4.75 Å². The van der Waals surface area contributed by atoms with Crippen LogP contribution in [0.2, 0.25) is 0 Å². The Balaban J connectivity index is 0.00000182. The summed E-state index contributed by atoms with van der Waals surface area (Å²) in [6.45, 7) is 2.33. The van der Waals surface area contributed by atoms with Crippen LogP contribution in [0.5, 0.6) is 0 Å². The van der Waals surface area contributed by atoms with Crippen molar-refractivity contribution >= 4 is 24.4 Å². The number of hydrogen-bond acceptors (Lipinski definition) is 2. The maximum Gasteiger partial charge on any atom is 0.105 e. The van der Waals surface area contributed by atoms with Gasteiger partial charge in [-0.2, -0.15) is 0 Å². The number of hydrogen-bond donors (Lipinski definition) is 0. The van der Waals surface area contributed by atoms with Gasteiger partial charge in [-0.3, -0.25) is 0 Å². The number of nitrogens with zero attached hydrogens (tertiary/aromatic N) is 1. The summed E-state index contributed by atoms with van der Waals surface area (Å²) in [6.07, 6.45) is 1.29. The maximum atomic E-state index is 2.49. The lowest BCUT2D eigenvalue weighted by Crippen LogP contribution is -2.38. The van der Waals surface area contributed by atoms with Crippen LogP contribution >= 0.6 is 24.4 Å². The van der Waals surface area contributed by atoms with Crippen molar-refractivity contribution in [1.82, 2.24) is 4.31 Å². The molecule has 0 N–H and O–H groups in total. The molecule has 3 aromatic carbocycles. The molecular weight excluding hydrogens is 346 g/mol. The highest BCUT2D eigenvalue weighted by Gasteiger charge is 2.40. The molecule has 0 unspecified atom stereocenters. The maximum absolute atomic E-state index is 2.49. The third-order valence-electron chi connectivity index (χ3n) is 4.62. The van der Waals surface area contributed by atoms with E-state index in [0.29, 0.717) is 0 Å². The van der Waals surface area contributed by atoms with Gasteiger partial charge < -0.3 is 0 Å². The Morgan fingerprint density at radius 3 is 1.24 bits per heavy atom. The smallest absolute Gasteiger partial charge is 0.105 e. The molecule has 128 valence electrons. The first-order chi connectivity index (χ1) is 11.9. The molecule has 1 heterocycles. The normalized spacial score (nSPS) is 14.4. The summed E-state index contributed by atoms with van der Waals surface area (Å²) >= 11 is 1.97. The van der Waals surface area contributed by atoms with Crippen LogP contribution in [-0.2, 0) is 4.75 Å². The van der Waals surface area contributed by atoms with Gasteiger partial charge in [0, 0.05) is 13.1 Å². The Morgan fingerprint density at radius 2 is 0.960 bits per heavy atom. The van der Waals surface area contributed by atoms with Crippen LogP contribution in [0.1, 0.15) is 23.1 Å². The van der Waals surface area contributed by atoms with Gasteiger partial charge in [0.25, 0.3) is 0 Å². The first kappa shape index (κ1) is 18.1. The van der Waals surface area contributed by atoms with Crippen molar-refractivity contribution in [2.45, 2.75) is 11.2 Å². The molecule has 1 saturated heterocycles. The molecule has 1 fully saturated rings. The zero-order chi connectivity index (χ0) is 16.2. The average Bonchev–Trinajstić information content (AvgIpc) is 2.64. The first-order valence-electron chi connectivity index (χ1n) is 8.50. The van der Waals surface area contributed by atoms with E-state index >= 15 is 0 Å². The third-order valence-corrected chi connectivity index (χ3v) is 6.23. The Bertz CT molecular complexity index is 676. The zero-order valence-electron chi connectivity index (χ0n) is 14.0. The SMILES string of the molecule is Cl.c1ccc(C(SN2CCC2)(c2ccccc2)c2ccccc2)cc1. The summed E-state index contributed by atoms with van der Waals surface area (Å²) in [4.78, 5) is 0. The molecule has 0 aliphatic carbocycles. The van der Waals surface area contributed by atoms with E-state index in [1.54, 1.807) is 0 Å². The average molecular weight is 368 g/mol. The van der Waals surface area contributed by atoms with E-state index in [-0.39, 0.29) is 17.2 Å². The van der Waals surface area contributed by atoms with E-state index in [2.05, 4.69) is 95.3 Å². The standard InChI is InChI=1S/C22H21NS.ClH/c1-4-11-19(12-5-1)22(24-23-17-10-18-23,20-13-6-2-7-14-20)21-15-8-3-9-16-21;/h1-9,11-16H,10,17-18H2;1H. The molecule has 4 rings (SSSR count). The quantitative estimate of drug-likeness (QED) is 0.417. The summed E-state index contributed by atoms with van der Waals surface area (Å²) in [7, 11) is 0. The van der Waals surface area contributed by atoms with Crippen LogP contribution in [0.4, 0.5) is 0 Å². The second-order valence-electron chi connectivity index (χ2n) is 6.15. The largest absolute Gasteiger partial charge is 0.249 e. The van der Waals surface area contributed by atoms with E-state index in [1.807, 2.05) is 11.9 Å². The van der Waals surface area contributed by atoms with Gasteiger partial charge in [0.05, 0.1) is 0 Å². The molecule has 0 aromatic heterocycles. The zero-order valence-corrected chi connectivity index (χ0v) is 15.7. The number of halogens is 1. The fraction of sp³-hybridized carbons (Fsp3) is 0.182. The van der Waals surface area contributed by atoms with Gasteiger partial charge in [-0.1, -0.05) is 103 Å². The molecule has 0 radical (unpaired) electrons. The number of rotatable bonds is 5. The van der Waals surface area contributed by atoms with Crippen molar-refractivity contribution in [3.05, 3.63) is 108 Å². The Hall–Kier alpha value is -1.74. The summed E-state index contributed by atoms with van der Waals surface area (Å²) < 4.78 is 2.29. The lowest BCUT2D eigenvalue weighted by atomic mass is 9.84. The molecule has 3 heteroatoms. The molecule has 0 saturated carbocycles. The van der Waals surface area contributed by atoms with Crippen LogP contribution in [0, 0.1) is 0 Å². The van der Waals surface area contributed by atoms with Crippen LogP contribution < -0.4 is 0 Å². The van der Waals surface area contributed by atoms with Crippen LogP contribution in [0.3, 0.4) is 0 Å². The predicted molar refractivity (Wildman–Crippen MR) is 110 cm³/mol. The Labute approximate surface area is 160 Å². The van der Waals surface area contributed by atoms with E-state index < -0.39 is 0 Å². The van der Waals surface area contributed by atoms with Crippen LogP contribution in [0.25, 0.3) is 0 Å². The molecule has 25 heavy (non-hydrogen) atoms. The molecule has 1 aliphatic heterocycles. The van der Waals surface area contributed by atoms with Gasteiger partial charge in [0.15, 0.2) is 0 Å². The topological polar surface area (TPSA) is 3.24 Å². The molecule has 0 atom stereocenters. The Kier molecular flexibility index (Phi) is 5.85. The van der Waals surface area contributed by atoms with E-state index in [0.717, 1.165) is 0 Å². The minimum absolute atomic E-state index is 0. The van der Waals surface area contributed by atoms with Crippen molar-refractivity contribution in [3.8, 4) is 0 Å². The van der Waals surface area contributed by atoms with Gasteiger partial charge in [-0.05, 0) is 23.1 Å². The molecular formula is C22H22ClNS. The summed E-state index contributed by atoms with van der Waals surface area (Å²) in [5.41, 5.74) is 4.00. The molecule has 0 spiro atoms. The van der Waals surface area contributed by atoms with E-state index in [9.17, 15) is 0 Å². The van der Waals surface area contributed by atoms with Crippen molar-refractivity contribution in [1.29, 1.82) is 0 Å². The fourth-order valence-electron chi connectivity index (χ4n) is 3.25. The third kappa shape index (κ3) is 3.48. The second-order valence-corrected chi connectivity index (χ2v) is 7.46. The molecule has 3 aromatic rings. The summed E-state index contributed by atoms with van der Waals surface area (Å²) in [5, 5.41) is 0. The van der Waals surface area contributed by atoms with Gasteiger partial charge in [0.2, 0.25) is 0 Å². The second kappa shape index (κ2) is 8.09. The lowest BCUT2D eigenvalue weighted by molar-refractivity contribution is 0.340. The van der Waals surface area contributed by atoms with Gasteiger partial charge in [-0.15, -0.1) is 12.4 Å². The minimum atomic E-state index is -0.204. The molecule has 1 nitrogen and oxygen atoms in total. The van der Waals surface area contributed by atoms with E-state index in [4.69, 9.17) is 0 Å². The first-order valence-corrected chi connectivity index (χ1v) is 9.27. The van der Waals surface area contributed by atoms with Crippen molar-refractivity contribution in [2.75, 3.05) is 13.1 Å². The molecule has 1 aliphatic rings. The molecule has 0 amide bonds. The van der Waals surface area contributed by atoms with Crippen LogP contribution in [0.15, 0.2) is 91.0 Å². The monoisotopic (exact) mass is 367 g/mol. The lowest BCUT2D eigenvalue weighted by Gasteiger charge is -2.42. The highest BCUT2D eigenvalue weighted by molar-refractivity contribution is 7.98. The Morgan fingerprint density at radius 1 is 0.600 bits per heavy atom. The fourth-order valence-corrected chi connectivity index (χ4v) is 4.80. The van der Waals surface area contributed by atoms with Crippen LogP contribution in [-0.4, -0.2) is 17.4 Å². The van der Waals surface area contributed by atoms with Crippen molar-refractivity contribution < 1.29 is 0 Å². The van der Waals surface area contributed by atoms with Crippen molar-refractivity contribution in [2.24, 2.45) is 0 Å².